The summed E-state index contributed by atoms with van der Waals surface area (Å²) >= 11 is 0. The Morgan fingerprint density at radius 2 is 1.78 bits per heavy atom. The molecule has 3 N–H and O–H groups in total. The Morgan fingerprint density at radius 1 is 1.11 bits per heavy atom. The van der Waals surface area contributed by atoms with E-state index in [1.54, 1.807) is 12.5 Å². The molecule has 27 heavy (non-hydrogen) atoms. The maximum Gasteiger partial charge on any atom is 0.321 e. The SMILES string of the molecule is CC(C)CC(NC(Cc1cncn1CCc1ccccc1)C(=O)O)C(=O)O. The molecule has 2 aromatic rings. The first-order valence-electron chi connectivity index (χ1n) is 9.11. The van der Waals surface area contributed by atoms with Gasteiger partial charge in [0.15, 0.2) is 0 Å². The summed E-state index contributed by atoms with van der Waals surface area (Å²) in [6.45, 7) is 4.50. The van der Waals surface area contributed by atoms with Crippen LogP contribution in [0.25, 0.3) is 0 Å². The Labute approximate surface area is 159 Å². The number of aryl methyl sites for hydroxylation is 2. The number of aromatic nitrogens is 2. The molecule has 0 saturated carbocycles. The first-order chi connectivity index (χ1) is 12.9. The van der Waals surface area contributed by atoms with Crippen LogP contribution in [0.1, 0.15) is 31.5 Å². The van der Waals surface area contributed by atoms with Crippen LogP contribution in [-0.4, -0.2) is 43.8 Å². The summed E-state index contributed by atoms with van der Waals surface area (Å²) in [6, 6.07) is 8.13. The third-order valence-electron chi connectivity index (χ3n) is 4.40. The second-order valence-electron chi connectivity index (χ2n) is 7.10. The van der Waals surface area contributed by atoms with E-state index in [0.29, 0.717) is 13.0 Å². The molecule has 0 aliphatic rings. The average molecular weight is 373 g/mol. The van der Waals surface area contributed by atoms with Gasteiger partial charge in [0.2, 0.25) is 0 Å². The van der Waals surface area contributed by atoms with Gasteiger partial charge < -0.3 is 14.8 Å². The van der Waals surface area contributed by atoms with Gasteiger partial charge in [0.25, 0.3) is 0 Å². The van der Waals surface area contributed by atoms with Gasteiger partial charge in [-0.2, -0.15) is 0 Å². The Hall–Kier alpha value is -2.67. The predicted molar refractivity (Wildman–Crippen MR) is 102 cm³/mol. The van der Waals surface area contributed by atoms with Crippen molar-refractivity contribution in [3.8, 4) is 0 Å². The lowest BCUT2D eigenvalue weighted by Crippen LogP contribution is -2.49. The van der Waals surface area contributed by atoms with Crippen molar-refractivity contribution < 1.29 is 19.8 Å². The van der Waals surface area contributed by atoms with E-state index in [1.165, 1.54) is 5.56 Å². The second-order valence-corrected chi connectivity index (χ2v) is 7.10. The van der Waals surface area contributed by atoms with Gasteiger partial charge in [-0.3, -0.25) is 14.9 Å². The quantitative estimate of drug-likeness (QED) is 0.558. The summed E-state index contributed by atoms with van der Waals surface area (Å²) in [5.41, 5.74) is 1.95. The van der Waals surface area contributed by atoms with Gasteiger partial charge in [-0.15, -0.1) is 0 Å². The Balaban J connectivity index is 2.05. The molecule has 0 radical (unpaired) electrons. The van der Waals surface area contributed by atoms with E-state index in [4.69, 9.17) is 0 Å². The minimum atomic E-state index is -1.07. The van der Waals surface area contributed by atoms with Crippen LogP contribution in [0.15, 0.2) is 42.9 Å². The summed E-state index contributed by atoms with van der Waals surface area (Å²) < 4.78 is 1.92. The predicted octanol–water partition coefficient (Wildman–Crippen LogP) is 2.21. The fraction of sp³-hybridized carbons (Fsp3) is 0.450. The van der Waals surface area contributed by atoms with Crippen molar-refractivity contribution >= 4 is 11.9 Å². The third kappa shape index (κ3) is 6.53. The van der Waals surface area contributed by atoms with Gasteiger partial charge >= 0.3 is 11.9 Å². The van der Waals surface area contributed by atoms with Crippen molar-refractivity contribution in [2.45, 2.75) is 51.7 Å². The molecule has 0 amide bonds. The minimum Gasteiger partial charge on any atom is -0.480 e. The molecule has 2 unspecified atom stereocenters. The molecule has 7 nitrogen and oxygen atoms in total. The van der Waals surface area contributed by atoms with Gasteiger partial charge in [-0.1, -0.05) is 44.2 Å². The second kappa shape index (κ2) is 9.87. The highest BCUT2D eigenvalue weighted by Crippen LogP contribution is 2.11. The molecule has 2 rings (SSSR count). The monoisotopic (exact) mass is 373 g/mol. The number of carbonyl (C=O) groups is 2. The zero-order chi connectivity index (χ0) is 19.8. The highest BCUT2D eigenvalue weighted by Gasteiger charge is 2.27. The van der Waals surface area contributed by atoms with Crippen LogP contribution in [0.5, 0.6) is 0 Å². The van der Waals surface area contributed by atoms with Crippen LogP contribution >= 0.6 is 0 Å². The van der Waals surface area contributed by atoms with Crippen LogP contribution in [0.2, 0.25) is 0 Å². The molecular weight excluding hydrogens is 346 g/mol. The normalized spacial score (nSPS) is 13.4. The molecule has 1 heterocycles. The fourth-order valence-corrected chi connectivity index (χ4v) is 2.99. The highest BCUT2D eigenvalue weighted by atomic mass is 16.4. The molecule has 2 atom stereocenters. The smallest absolute Gasteiger partial charge is 0.321 e. The first-order valence-corrected chi connectivity index (χ1v) is 9.11. The molecular formula is C20H27N3O4. The maximum absolute atomic E-state index is 11.7. The summed E-state index contributed by atoms with van der Waals surface area (Å²) in [5, 5.41) is 21.7. The number of carboxylic acids is 2. The number of hydrogen-bond donors (Lipinski definition) is 3. The molecule has 146 valence electrons. The van der Waals surface area contributed by atoms with E-state index in [0.717, 1.165) is 12.1 Å². The summed E-state index contributed by atoms with van der Waals surface area (Å²) in [5.74, 6) is -1.96. The van der Waals surface area contributed by atoms with Crippen LogP contribution < -0.4 is 5.32 Å². The van der Waals surface area contributed by atoms with Crippen LogP contribution in [0, 0.1) is 5.92 Å². The van der Waals surface area contributed by atoms with Crippen molar-refractivity contribution in [1.82, 2.24) is 14.9 Å². The van der Waals surface area contributed by atoms with Gasteiger partial charge in [0.05, 0.1) is 6.33 Å². The molecule has 0 fully saturated rings. The number of nitrogens with zero attached hydrogens (tertiary/aromatic N) is 2. The fourth-order valence-electron chi connectivity index (χ4n) is 2.99. The lowest BCUT2D eigenvalue weighted by atomic mass is 10.0. The van der Waals surface area contributed by atoms with Crippen LogP contribution in [0.4, 0.5) is 0 Å². The third-order valence-corrected chi connectivity index (χ3v) is 4.40. The van der Waals surface area contributed by atoms with Gasteiger partial charge in [-0.25, -0.2) is 4.98 Å². The topological polar surface area (TPSA) is 104 Å². The highest BCUT2D eigenvalue weighted by molar-refractivity contribution is 5.77. The van der Waals surface area contributed by atoms with Crippen molar-refractivity contribution in [3.05, 3.63) is 54.1 Å². The van der Waals surface area contributed by atoms with Crippen molar-refractivity contribution in [1.29, 1.82) is 0 Å². The van der Waals surface area contributed by atoms with E-state index in [1.807, 2.05) is 48.7 Å². The summed E-state index contributed by atoms with van der Waals surface area (Å²) in [6.07, 6.45) is 4.67. The van der Waals surface area contributed by atoms with E-state index in [-0.39, 0.29) is 12.3 Å². The van der Waals surface area contributed by atoms with E-state index < -0.39 is 24.0 Å². The number of aliphatic carboxylic acids is 2. The Morgan fingerprint density at radius 3 is 2.37 bits per heavy atom. The molecule has 1 aromatic heterocycles. The molecule has 0 spiro atoms. The largest absolute Gasteiger partial charge is 0.480 e. The first kappa shape index (κ1) is 20.6. The number of nitrogens with one attached hydrogen (secondary N) is 1. The Kier molecular flexibility index (Phi) is 7.55. The van der Waals surface area contributed by atoms with E-state index in [9.17, 15) is 19.8 Å². The maximum atomic E-state index is 11.7. The standard InChI is InChI=1S/C20H27N3O4/c1-14(2)10-17(19(24)25)22-18(20(26)27)11-16-12-21-13-23(16)9-8-15-6-4-3-5-7-15/h3-7,12-14,17-18,22H,8-11H2,1-2H3,(H,24,25)(H,26,27). The number of carboxylic acid groups (broad SMARTS) is 2. The lowest BCUT2D eigenvalue weighted by molar-refractivity contribution is -0.142. The molecule has 1 aromatic carbocycles. The average Bonchev–Trinajstić information content (AvgIpc) is 3.06. The van der Waals surface area contributed by atoms with Crippen LogP contribution in [-0.2, 0) is 29.0 Å². The van der Waals surface area contributed by atoms with E-state index >= 15 is 0 Å². The summed E-state index contributed by atoms with van der Waals surface area (Å²) in [4.78, 5) is 27.3. The number of imidazole rings is 1. The Bertz CT molecular complexity index is 743. The number of rotatable bonds is 11. The number of hydrogen-bond acceptors (Lipinski definition) is 4. The van der Waals surface area contributed by atoms with E-state index in [2.05, 4.69) is 10.3 Å². The molecule has 0 aliphatic heterocycles. The van der Waals surface area contributed by atoms with Crippen molar-refractivity contribution in [3.63, 3.8) is 0 Å². The lowest BCUT2D eigenvalue weighted by Gasteiger charge is -2.22. The van der Waals surface area contributed by atoms with Crippen molar-refractivity contribution in [2.24, 2.45) is 5.92 Å². The van der Waals surface area contributed by atoms with Crippen molar-refractivity contribution in [2.75, 3.05) is 0 Å². The zero-order valence-corrected chi connectivity index (χ0v) is 15.7. The molecule has 0 aliphatic carbocycles. The molecule has 0 bridgehead atoms. The minimum absolute atomic E-state index is 0.143. The van der Waals surface area contributed by atoms with Gasteiger partial charge in [0, 0.05) is 24.9 Å². The van der Waals surface area contributed by atoms with Gasteiger partial charge in [0.1, 0.15) is 12.1 Å². The molecule has 0 saturated heterocycles. The molecule has 7 heteroatoms. The zero-order valence-electron chi connectivity index (χ0n) is 15.7. The number of benzene rings is 1. The summed E-state index contributed by atoms with van der Waals surface area (Å²) in [7, 11) is 0. The van der Waals surface area contributed by atoms with Crippen LogP contribution in [0.3, 0.4) is 0 Å². The van der Waals surface area contributed by atoms with Gasteiger partial charge in [-0.05, 0) is 24.3 Å².